The van der Waals surface area contributed by atoms with Gasteiger partial charge in [-0.15, -0.1) is 0 Å². The van der Waals surface area contributed by atoms with Crippen LogP contribution in [0.1, 0.15) is 52.4 Å². The number of hydrogen-bond donors (Lipinski definition) is 1. The summed E-state index contributed by atoms with van der Waals surface area (Å²) in [6.45, 7) is 6.56. The molecule has 2 rings (SSSR count). The molecule has 94 valence electrons. The SMILES string of the molecule is CCNC(C1CCCCC1)C1CCOC1C. The molecule has 0 amide bonds. The first-order chi connectivity index (χ1) is 7.83. The van der Waals surface area contributed by atoms with E-state index in [1.54, 1.807) is 0 Å². The van der Waals surface area contributed by atoms with Crippen molar-refractivity contribution in [1.29, 1.82) is 0 Å². The lowest BCUT2D eigenvalue weighted by molar-refractivity contribution is 0.0817. The fourth-order valence-corrected chi connectivity index (χ4v) is 3.62. The Morgan fingerprint density at radius 1 is 1.19 bits per heavy atom. The molecule has 0 aromatic carbocycles. The van der Waals surface area contributed by atoms with Gasteiger partial charge in [0.15, 0.2) is 0 Å². The van der Waals surface area contributed by atoms with E-state index in [1.807, 2.05) is 0 Å². The minimum atomic E-state index is 0.464. The Kier molecular flexibility index (Phi) is 4.66. The summed E-state index contributed by atoms with van der Waals surface area (Å²) in [5.41, 5.74) is 0. The molecule has 0 spiro atoms. The lowest BCUT2D eigenvalue weighted by atomic mass is 9.76. The number of ether oxygens (including phenoxy) is 1. The smallest absolute Gasteiger partial charge is 0.0590 e. The molecule has 0 radical (unpaired) electrons. The van der Waals surface area contributed by atoms with E-state index < -0.39 is 0 Å². The van der Waals surface area contributed by atoms with Crippen molar-refractivity contribution in [3.8, 4) is 0 Å². The highest BCUT2D eigenvalue weighted by molar-refractivity contribution is 4.89. The second kappa shape index (κ2) is 6.02. The van der Waals surface area contributed by atoms with Crippen molar-refractivity contribution in [2.75, 3.05) is 13.2 Å². The third-order valence-electron chi connectivity index (χ3n) is 4.49. The summed E-state index contributed by atoms with van der Waals surface area (Å²) in [5.74, 6) is 1.66. The molecule has 2 aliphatic rings. The Morgan fingerprint density at radius 2 is 1.94 bits per heavy atom. The second-order valence-electron chi connectivity index (χ2n) is 5.51. The predicted molar refractivity (Wildman–Crippen MR) is 67.6 cm³/mol. The van der Waals surface area contributed by atoms with E-state index in [-0.39, 0.29) is 0 Å². The molecule has 16 heavy (non-hydrogen) atoms. The lowest BCUT2D eigenvalue weighted by Crippen LogP contribution is -2.45. The largest absolute Gasteiger partial charge is 0.378 e. The van der Waals surface area contributed by atoms with Crippen LogP contribution in [0.4, 0.5) is 0 Å². The fraction of sp³-hybridized carbons (Fsp3) is 1.00. The third kappa shape index (κ3) is 2.78. The summed E-state index contributed by atoms with van der Waals surface area (Å²) < 4.78 is 5.74. The van der Waals surface area contributed by atoms with Crippen LogP contribution in [0, 0.1) is 11.8 Å². The van der Waals surface area contributed by atoms with Crippen LogP contribution in [0.15, 0.2) is 0 Å². The highest BCUT2D eigenvalue weighted by atomic mass is 16.5. The molecule has 0 aromatic rings. The van der Waals surface area contributed by atoms with E-state index in [1.165, 1.54) is 38.5 Å². The van der Waals surface area contributed by atoms with Crippen molar-refractivity contribution in [2.45, 2.75) is 64.5 Å². The van der Waals surface area contributed by atoms with Gasteiger partial charge in [0.05, 0.1) is 6.10 Å². The molecule has 2 heteroatoms. The van der Waals surface area contributed by atoms with E-state index in [0.717, 1.165) is 25.0 Å². The molecule has 1 saturated carbocycles. The van der Waals surface area contributed by atoms with Crippen LogP contribution in [0.25, 0.3) is 0 Å². The Bertz CT molecular complexity index is 201. The van der Waals surface area contributed by atoms with Crippen molar-refractivity contribution < 1.29 is 4.74 Å². The summed E-state index contributed by atoms with van der Waals surface area (Å²) in [6, 6.07) is 0.711. The summed E-state index contributed by atoms with van der Waals surface area (Å²) in [4.78, 5) is 0. The van der Waals surface area contributed by atoms with Gasteiger partial charge in [-0.3, -0.25) is 0 Å². The number of rotatable bonds is 4. The maximum absolute atomic E-state index is 5.74. The standard InChI is InChI=1S/C14H27NO/c1-3-15-14(12-7-5-4-6-8-12)13-9-10-16-11(13)2/h11-15H,3-10H2,1-2H3. The number of nitrogens with one attached hydrogen (secondary N) is 1. The summed E-state index contributed by atoms with van der Waals surface area (Å²) in [6.07, 6.45) is 8.91. The van der Waals surface area contributed by atoms with E-state index in [4.69, 9.17) is 4.74 Å². The molecule has 0 bridgehead atoms. The van der Waals surface area contributed by atoms with Crippen LogP contribution in [0.3, 0.4) is 0 Å². The molecule has 3 unspecified atom stereocenters. The van der Waals surface area contributed by atoms with Crippen LogP contribution in [-0.2, 0) is 4.74 Å². The van der Waals surface area contributed by atoms with Crippen LogP contribution >= 0.6 is 0 Å². The quantitative estimate of drug-likeness (QED) is 0.794. The molecule has 1 aliphatic heterocycles. The van der Waals surface area contributed by atoms with Gasteiger partial charge in [-0.2, -0.15) is 0 Å². The second-order valence-corrected chi connectivity index (χ2v) is 5.51. The van der Waals surface area contributed by atoms with Crippen molar-refractivity contribution in [1.82, 2.24) is 5.32 Å². The molecule has 1 N–H and O–H groups in total. The molecular weight excluding hydrogens is 198 g/mol. The Labute approximate surface area is 100 Å². The first-order valence-electron chi connectivity index (χ1n) is 7.18. The van der Waals surface area contributed by atoms with Gasteiger partial charge in [-0.05, 0) is 38.6 Å². The van der Waals surface area contributed by atoms with E-state index in [9.17, 15) is 0 Å². The summed E-state index contributed by atoms with van der Waals surface area (Å²) in [7, 11) is 0. The summed E-state index contributed by atoms with van der Waals surface area (Å²) >= 11 is 0. The molecular formula is C14H27NO. The topological polar surface area (TPSA) is 21.3 Å². The van der Waals surface area contributed by atoms with Gasteiger partial charge in [0.1, 0.15) is 0 Å². The third-order valence-corrected chi connectivity index (χ3v) is 4.49. The molecule has 1 saturated heterocycles. The van der Waals surface area contributed by atoms with Crippen molar-refractivity contribution >= 4 is 0 Å². The van der Waals surface area contributed by atoms with Gasteiger partial charge in [-0.1, -0.05) is 26.2 Å². The monoisotopic (exact) mass is 225 g/mol. The highest BCUT2D eigenvalue weighted by Gasteiger charge is 2.36. The van der Waals surface area contributed by atoms with Gasteiger partial charge in [0.2, 0.25) is 0 Å². The Hall–Kier alpha value is -0.0800. The van der Waals surface area contributed by atoms with E-state index in [2.05, 4.69) is 19.2 Å². The molecule has 3 atom stereocenters. The predicted octanol–water partition coefficient (Wildman–Crippen LogP) is 2.97. The van der Waals surface area contributed by atoms with Crippen molar-refractivity contribution in [3.05, 3.63) is 0 Å². The Balaban J connectivity index is 1.97. The Morgan fingerprint density at radius 3 is 2.50 bits per heavy atom. The van der Waals surface area contributed by atoms with Crippen LogP contribution in [0.5, 0.6) is 0 Å². The van der Waals surface area contributed by atoms with E-state index >= 15 is 0 Å². The van der Waals surface area contributed by atoms with E-state index in [0.29, 0.717) is 12.1 Å². The molecule has 0 aromatic heterocycles. The van der Waals surface area contributed by atoms with Crippen molar-refractivity contribution in [2.24, 2.45) is 11.8 Å². The first-order valence-corrected chi connectivity index (χ1v) is 7.18. The summed E-state index contributed by atoms with van der Waals surface area (Å²) in [5, 5.41) is 3.74. The highest BCUT2D eigenvalue weighted by Crippen LogP contribution is 2.34. The molecule has 2 nitrogen and oxygen atoms in total. The van der Waals surface area contributed by atoms with Gasteiger partial charge in [0, 0.05) is 18.6 Å². The zero-order valence-corrected chi connectivity index (χ0v) is 10.9. The molecule has 1 aliphatic carbocycles. The van der Waals surface area contributed by atoms with Crippen LogP contribution in [-0.4, -0.2) is 25.3 Å². The van der Waals surface area contributed by atoms with Gasteiger partial charge in [0.25, 0.3) is 0 Å². The average Bonchev–Trinajstić information content (AvgIpc) is 2.73. The van der Waals surface area contributed by atoms with Gasteiger partial charge in [-0.25, -0.2) is 0 Å². The maximum atomic E-state index is 5.74. The maximum Gasteiger partial charge on any atom is 0.0590 e. The average molecular weight is 225 g/mol. The zero-order chi connectivity index (χ0) is 11.4. The fourth-order valence-electron chi connectivity index (χ4n) is 3.62. The molecule has 2 fully saturated rings. The van der Waals surface area contributed by atoms with Gasteiger partial charge >= 0.3 is 0 Å². The lowest BCUT2D eigenvalue weighted by Gasteiger charge is -2.36. The normalized spacial score (nSPS) is 34.1. The number of hydrogen-bond acceptors (Lipinski definition) is 2. The zero-order valence-electron chi connectivity index (χ0n) is 10.9. The van der Waals surface area contributed by atoms with Crippen LogP contribution in [0.2, 0.25) is 0 Å². The minimum Gasteiger partial charge on any atom is -0.378 e. The minimum absolute atomic E-state index is 0.464. The van der Waals surface area contributed by atoms with Crippen LogP contribution < -0.4 is 5.32 Å². The first kappa shape index (κ1) is 12.4. The van der Waals surface area contributed by atoms with Gasteiger partial charge < -0.3 is 10.1 Å². The molecule has 1 heterocycles. The van der Waals surface area contributed by atoms with Crippen molar-refractivity contribution in [3.63, 3.8) is 0 Å².